The standard InChI is InChI=1S/C8H6BrNO2/c9-4-1-2-5-6(3-4)10-8(12)7(5)11/h1-3,8,10,12H. The molecule has 0 aromatic heterocycles. The number of carbonyl (C=O) groups is 1. The van der Waals surface area contributed by atoms with Crippen LogP contribution in [-0.4, -0.2) is 17.1 Å². The Morgan fingerprint density at radius 1 is 1.50 bits per heavy atom. The summed E-state index contributed by atoms with van der Waals surface area (Å²) in [5, 5.41) is 11.8. The van der Waals surface area contributed by atoms with Crippen LogP contribution in [0.15, 0.2) is 22.7 Å². The van der Waals surface area contributed by atoms with Gasteiger partial charge in [-0.15, -0.1) is 0 Å². The maximum atomic E-state index is 11.2. The predicted molar refractivity (Wildman–Crippen MR) is 48.1 cm³/mol. The topological polar surface area (TPSA) is 49.3 Å². The van der Waals surface area contributed by atoms with Crippen LogP contribution in [0.2, 0.25) is 0 Å². The average Bonchev–Trinajstić information content (AvgIpc) is 2.28. The fourth-order valence-corrected chi connectivity index (χ4v) is 1.57. The van der Waals surface area contributed by atoms with Gasteiger partial charge in [-0.1, -0.05) is 15.9 Å². The van der Waals surface area contributed by atoms with Gasteiger partial charge >= 0.3 is 0 Å². The van der Waals surface area contributed by atoms with Gasteiger partial charge in [-0.05, 0) is 18.2 Å². The Hall–Kier alpha value is -0.870. The molecule has 0 bridgehead atoms. The van der Waals surface area contributed by atoms with Crippen LogP contribution in [0.4, 0.5) is 5.69 Å². The summed E-state index contributed by atoms with van der Waals surface area (Å²) >= 11 is 3.27. The summed E-state index contributed by atoms with van der Waals surface area (Å²) in [6.07, 6.45) is -1.07. The molecule has 1 aromatic carbocycles. The minimum atomic E-state index is -1.07. The first kappa shape index (κ1) is 7.76. The molecular weight excluding hydrogens is 222 g/mol. The molecule has 3 nitrogen and oxygen atoms in total. The molecule has 0 fully saturated rings. The zero-order valence-electron chi connectivity index (χ0n) is 6.04. The average molecular weight is 228 g/mol. The van der Waals surface area contributed by atoms with Crippen molar-refractivity contribution in [3.05, 3.63) is 28.2 Å². The Morgan fingerprint density at radius 2 is 2.25 bits per heavy atom. The number of anilines is 1. The Balaban J connectivity index is 2.54. The van der Waals surface area contributed by atoms with E-state index in [4.69, 9.17) is 5.11 Å². The number of halogens is 1. The summed E-state index contributed by atoms with van der Waals surface area (Å²) in [7, 11) is 0. The lowest BCUT2D eigenvalue weighted by molar-refractivity contribution is 0.0814. The molecule has 0 radical (unpaired) electrons. The van der Waals surface area contributed by atoms with Gasteiger partial charge in [0.2, 0.25) is 5.78 Å². The fourth-order valence-electron chi connectivity index (χ4n) is 1.21. The first-order chi connectivity index (χ1) is 5.68. The van der Waals surface area contributed by atoms with Gasteiger partial charge in [0.1, 0.15) is 0 Å². The van der Waals surface area contributed by atoms with Crippen LogP contribution in [0, 0.1) is 0 Å². The number of nitrogens with one attached hydrogen (secondary N) is 1. The summed E-state index contributed by atoms with van der Waals surface area (Å²) in [4.78, 5) is 11.2. The number of Topliss-reactive ketones (excluding diaryl/α,β-unsaturated/α-hetero) is 1. The highest BCUT2D eigenvalue weighted by atomic mass is 79.9. The maximum absolute atomic E-state index is 11.2. The summed E-state index contributed by atoms with van der Waals surface area (Å²) in [6, 6.07) is 5.23. The molecule has 1 heterocycles. The van der Waals surface area contributed by atoms with Crippen LogP contribution < -0.4 is 5.32 Å². The van der Waals surface area contributed by atoms with Crippen LogP contribution >= 0.6 is 15.9 Å². The second-order valence-corrected chi connectivity index (χ2v) is 3.52. The fraction of sp³-hybridized carbons (Fsp3) is 0.125. The van der Waals surface area contributed by atoms with Crippen LogP contribution in [0.3, 0.4) is 0 Å². The van der Waals surface area contributed by atoms with E-state index in [0.717, 1.165) is 4.47 Å². The van der Waals surface area contributed by atoms with Crippen LogP contribution in [0.1, 0.15) is 10.4 Å². The van der Waals surface area contributed by atoms with Crippen molar-refractivity contribution in [1.82, 2.24) is 0 Å². The molecule has 4 heteroatoms. The van der Waals surface area contributed by atoms with Gasteiger partial charge in [-0.3, -0.25) is 4.79 Å². The smallest absolute Gasteiger partial charge is 0.213 e. The molecule has 1 aromatic rings. The van der Waals surface area contributed by atoms with E-state index in [1.165, 1.54) is 0 Å². The van der Waals surface area contributed by atoms with E-state index in [9.17, 15) is 4.79 Å². The van der Waals surface area contributed by atoms with Gasteiger partial charge < -0.3 is 10.4 Å². The van der Waals surface area contributed by atoms with Gasteiger partial charge in [0.25, 0.3) is 0 Å². The van der Waals surface area contributed by atoms with Crippen molar-refractivity contribution in [3.8, 4) is 0 Å². The van der Waals surface area contributed by atoms with Gasteiger partial charge in [-0.25, -0.2) is 0 Å². The normalized spacial score (nSPS) is 20.5. The zero-order valence-corrected chi connectivity index (χ0v) is 7.63. The molecule has 2 N–H and O–H groups in total. The summed E-state index contributed by atoms with van der Waals surface area (Å²) < 4.78 is 0.885. The largest absolute Gasteiger partial charge is 0.367 e. The van der Waals surface area contributed by atoms with Gasteiger partial charge in [0, 0.05) is 15.7 Å². The number of fused-ring (bicyclic) bond motifs is 1. The van der Waals surface area contributed by atoms with E-state index >= 15 is 0 Å². The van der Waals surface area contributed by atoms with Crippen molar-refractivity contribution in [2.24, 2.45) is 0 Å². The number of rotatable bonds is 0. The molecule has 1 unspecified atom stereocenters. The lowest BCUT2D eigenvalue weighted by Crippen LogP contribution is -2.20. The van der Waals surface area contributed by atoms with E-state index in [2.05, 4.69) is 21.2 Å². The summed E-state index contributed by atoms with van der Waals surface area (Å²) in [5.41, 5.74) is 1.23. The number of carbonyl (C=O) groups excluding carboxylic acids is 1. The number of ketones is 1. The van der Waals surface area contributed by atoms with Crippen LogP contribution in [-0.2, 0) is 0 Å². The van der Waals surface area contributed by atoms with Crippen molar-refractivity contribution in [2.45, 2.75) is 6.23 Å². The number of benzene rings is 1. The second-order valence-electron chi connectivity index (χ2n) is 2.60. The van der Waals surface area contributed by atoms with Crippen molar-refractivity contribution in [3.63, 3.8) is 0 Å². The van der Waals surface area contributed by atoms with Crippen LogP contribution in [0.5, 0.6) is 0 Å². The lowest BCUT2D eigenvalue weighted by Gasteiger charge is -1.99. The molecular formula is C8H6BrNO2. The molecule has 0 saturated carbocycles. The minimum Gasteiger partial charge on any atom is -0.367 e. The van der Waals surface area contributed by atoms with Crippen LogP contribution in [0.25, 0.3) is 0 Å². The third-order valence-electron chi connectivity index (χ3n) is 1.79. The number of hydrogen-bond donors (Lipinski definition) is 2. The van der Waals surface area contributed by atoms with Gasteiger partial charge in [0.05, 0.1) is 0 Å². The molecule has 1 aliphatic heterocycles. The first-order valence-electron chi connectivity index (χ1n) is 3.47. The SMILES string of the molecule is O=C1c2ccc(Br)cc2NC1O. The van der Waals surface area contributed by atoms with E-state index < -0.39 is 6.23 Å². The Kier molecular flexibility index (Phi) is 1.66. The maximum Gasteiger partial charge on any atom is 0.213 e. The Labute approximate surface area is 77.5 Å². The highest BCUT2D eigenvalue weighted by Crippen LogP contribution is 2.27. The minimum absolute atomic E-state index is 0.266. The third kappa shape index (κ3) is 1.04. The lowest BCUT2D eigenvalue weighted by atomic mass is 10.1. The van der Waals surface area contributed by atoms with E-state index in [1.807, 2.05) is 0 Å². The molecule has 1 aliphatic rings. The number of aliphatic hydroxyl groups is 1. The summed E-state index contributed by atoms with van der Waals surface area (Å²) in [5.74, 6) is -0.266. The van der Waals surface area contributed by atoms with Crippen molar-refractivity contribution in [1.29, 1.82) is 0 Å². The Bertz CT molecular complexity index is 351. The Morgan fingerprint density at radius 3 is 3.00 bits per heavy atom. The van der Waals surface area contributed by atoms with Crippen molar-refractivity contribution in [2.75, 3.05) is 5.32 Å². The highest BCUT2D eigenvalue weighted by Gasteiger charge is 2.27. The second kappa shape index (κ2) is 2.57. The molecule has 2 rings (SSSR count). The predicted octanol–water partition coefficient (Wildman–Crippen LogP) is 1.38. The van der Waals surface area contributed by atoms with E-state index in [-0.39, 0.29) is 5.78 Å². The van der Waals surface area contributed by atoms with Crippen molar-refractivity contribution >= 4 is 27.4 Å². The molecule has 0 spiro atoms. The quantitative estimate of drug-likeness (QED) is 0.705. The van der Waals surface area contributed by atoms with E-state index in [0.29, 0.717) is 11.3 Å². The molecule has 0 saturated heterocycles. The van der Waals surface area contributed by atoms with Gasteiger partial charge in [0.15, 0.2) is 6.23 Å². The first-order valence-corrected chi connectivity index (χ1v) is 4.26. The number of hydrogen-bond acceptors (Lipinski definition) is 3. The highest BCUT2D eigenvalue weighted by molar-refractivity contribution is 9.10. The van der Waals surface area contributed by atoms with E-state index in [1.54, 1.807) is 18.2 Å². The number of aliphatic hydroxyl groups excluding tert-OH is 1. The summed E-state index contributed by atoms with van der Waals surface area (Å²) in [6.45, 7) is 0. The molecule has 0 aliphatic carbocycles. The molecule has 62 valence electrons. The zero-order chi connectivity index (χ0) is 8.72. The third-order valence-corrected chi connectivity index (χ3v) is 2.28. The monoisotopic (exact) mass is 227 g/mol. The van der Waals surface area contributed by atoms with Gasteiger partial charge in [-0.2, -0.15) is 0 Å². The molecule has 0 amide bonds. The molecule has 1 atom stereocenters. The van der Waals surface area contributed by atoms with Crippen molar-refractivity contribution < 1.29 is 9.90 Å². The molecule has 12 heavy (non-hydrogen) atoms.